The molecular weight excluding hydrogens is 500 g/mol. The van der Waals surface area contributed by atoms with E-state index >= 15 is 0 Å². The second-order valence-corrected chi connectivity index (χ2v) is 12.2. The van der Waals surface area contributed by atoms with Crippen molar-refractivity contribution in [2.24, 2.45) is 0 Å². The Bertz CT molecular complexity index is 605. The zero-order valence-electron chi connectivity index (χ0n) is 26.6. The molecule has 0 aliphatic rings. The highest BCUT2D eigenvalue weighted by Crippen LogP contribution is 2.19. The minimum Gasteiger partial charge on any atom is -0.381 e. The zero-order valence-corrected chi connectivity index (χ0v) is 26.6. The van der Waals surface area contributed by atoms with Gasteiger partial charge in [0.15, 0.2) is 24.0 Å². The number of rotatable bonds is 32. The summed E-state index contributed by atoms with van der Waals surface area (Å²) in [5.41, 5.74) is -2.61. The summed E-state index contributed by atoms with van der Waals surface area (Å²) in [7, 11) is 0. The molecule has 0 bridgehead atoms. The second-order valence-electron chi connectivity index (χ2n) is 12.2. The molecule has 0 aromatic rings. The number of unbranched alkanes of at least 4 members (excludes halogenated alkanes) is 24. The van der Waals surface area contributed by atoms with Crippen molar-refractivity contribution in [3.8, 4) is 0 Å². The number of hydrogen-bond donors (Lipinski definition) is 2. The molecule has 0 aromatic heterocycles. The molecule has 0 saturated heterocycles. The van der Waals surface area contributed by atoms with Crippen LogP contribution >= 0.6 is 0 Å². The summed E-state index contributed by atoms with van der Waals surface area (Å²) in [6, 6.07) is 0. The van der Waals surface area contributed by atoms with Crippen molar-refractivity contribution in [3.05, 3.63) is 0 Å². The molecule has 2 unspecified atom stereocenters. The first kappa shape index (κ1) is 38.9. The Morgan fingerprint density at radius 2 is 0.800 bits per heavy atom. The molecule has 40 heavy (non-hydrogen) atoms. The summed E-state index contributed by atoms with van der Waals surface area (Å²) >= 11 is 0. The van der Waals surface area contributed by atoms with Crippen molar-refractivity contribution < 1.29 is 24.6 Å². The smallest absolute Gasteiger partial charge is 0.211 e. The lowest BCUT2D eigenvalue weighted by Gasteiger charge is -2.25. The van der Waals surface area contributed by atoms with E-state index in [1.807, 2.05) is 0 Å². The first-order valence-corrected chi connectivity index (χ1v) is 17.4. The van der Waals surface area contributed by atoms with E-state index in [-0.39, 0.29) is 19.1 Å². The fraction of sp³-hybridized carbons (Fsp3) is 0.914. The van der Waals surface area contributed by atoms with Crippen molar-refractivity contribution in [1.82, 2.24) is 0 Å². The van der Waals surface area contributed by atoms with Crippen LogP contribution in [-0.4, -0.2) is 39.8 Å². The maximum absolute atomic E-state index is 12.5. The third-order valence-electron chi connectivity index (χ3n) is 8.38. The zero-order chi connectivity index (χ0) is 29.7. The summed E-state index contributed by atoms with van der Waals surface area (Å²) in [4.78, 5) is 36.5. The predicted octanol–water partition coefficient (Wildman–Crippen LogP) is 9.38. The number of carbonyl (C=O) groups excluding carboxylic acids is 3. The third kappa shape index (κ3) is 20.8. The molecule has 0 spiro atoms. The maximum Gasteiger partial charge on any atom is 0.211 e. The molecule has 2 atom stereocenters. The van der Waals surface area contributed by atoms with Crippen LogP contribution in [0.5, 0.6) is 0 Å². The number of aliphatic hydroxyl groups excluding tert-OH is 1. The topological polar surface area (TPSA) is 91.7 Å². The van der Waals surface area contributed by atoms with Crippen LogP contribution in [0.3, 0.4) is 0 Å². The molecule has 5 nitrogen and oxygen atoms in total. The lowest BCUT2D eigenvalue weighted by molar-refractivity contribution is -0.162. The summed E-state index contributed by atoms with van der Waals surface area (Å²) in [5.74, 6) is -1.35. The highest BCUT2D eigenvalue weighted by molar-refractivity contribution is 6.07. The molecule has 0 rings (SSSR count). The van der Waals surface area contributed by atoms with E-state index in [1.165, 1.54) is 116 Å². The van der Waals surface area contributed by atoms with Crippen LogP contribution in [0.1, 0.15) is 194 Å². The molecule has 5 heteroatoms. The molecule has 0 radical (unpaired) electrons. The number of aliphatic hydroxyl groups is 2. The number of Topliss-reactive ketones (excluding diaryl/α,β-unsaturated/α-hetero) is 2. The quantitative estimate of drug-likeness (QED) is 0.0481. The van der Waals surface area contributed by atoms with Crippen LogP contribution in [0, 0.1) is 0 Å². The normalized spacial score (nSPS) is 13.7. The first-order chi connectivity index (χ1) is 19.4. The van der Waals surface area contributed by atoms with E-state index in [0.717, 1.165) is 38.5 Å². The van der Waals surface area contributed by atoms with Crippen LogP contribution in [0.2, 0.25) is 0 Å². The summed E-state index contributed by atoms with van der Waals surface area (Å²) in [6.07, 6.45) is 29.0. The molecule has 0 heterocycles. The average molecular weight is 567 g/mol. The highest BCUT2D eigenvalue weighted by atomic mass is 16.4. The Hall–Kier alpha value is -1.07. The Balaban J connectivity index is 3.87. The Labute approximate surface area is 247 Å². The molecule has 0 aliphatic carbocycles. The van der Waals surface area contributed by atoms with Crippen molar-refractivity contribution in [2.45, 2.75) is 205 Å². The van der Waals surface area contributed by atoms with Crippen LogP contribution < -0.4 is 0 Å². The number of ketones is 2. The van der Waals surface area contributed by atoms with Gasteiger partial charge >= 0.3 is 0 Å². The summed E-state index contributed by atoms with van der Waals surface area (Å²) < 4.78 is 0. The van der Waals surface area contributed by atoms with Gasteiger partial charge in [-0.15, -0.1) is 0 Å². The lowest BCUT2D eigenvalue weighted by Crippen LogP contribution is -2.54. The van der Waals surface area contributed by atoms with Gasteiger partial charge in [-0.25, -0.2) is 0 Å². The van der Waals surface area contributed by atoms with E-state index in [4.69, 9.17) is 0 Å². The first-order valence-electron chi connectivity index (χ1n) is 17.4. The van der Waals surface area contributed by atoms with Gasteiger partial charge in [0, 0.05) is 12.8 Å². The minimum atomic E-state index is -2.61. The molecule has 2 N–H and O–H groups in total. The molecule has 236 valence electrons. The van der Waals surface area contributed by atoms with Gasteiger partial charge < -0.3 is 10.2 Å². The van der Waals surface area contributed by atoms with E-state index < -0.39 is 23.3 Å². The molecule has 0 fully saturated rings. The largest absolute Gasteiger partial charge is 0.381 e. The summed E-state index contributed by atoms with van der Waals surface area (Å²) in [6.45, 7) is 4.48. The van der Waals surface area contributed by atoms with E-state index in [9.17, 15) is 24.6 Å². The number of carbonyl (C=O) groups is 3. The fourth-order valence-corrected chi connectivity index (χ4v) is 5.49. The number of aldehydes is 1. The van der Waals surface area contributed by atoms with Crippen LogP contribution in [-0.2, 0) is 14.4 Å². The van der Waals surface area contributed by atoms with E-state index in [2.05, 4.69) is 13.8 Å². The predicted molar refractivity (Wildman–Crippen MR) is 168 cm³/mol. The second kappa shape index (κ2) is 28.1. The van der Waals surface area contributed by atoms with Gasteiger partial charge in [-0.05, 0) is 12.8 Å². The van der Waals surface area contributed by atoms with Gasteiger partial charge in [0.2, 0.25) is 5.60 Å². The Morgan fingerprint density at radius 3 is 1.10 bits per heavy atom. The van der Waals surface area contributed by atoms with Crippen molar-refractivity contribution >= 4 is 17.9 Å². The van der Waals surface area contributed by atoms with Gasteiger partial charge in [-0.2, -0.15) is 0 Å². The molecule has 0 aliphatic heterocycles. The van der Waals surface area contributed by atoms with Gasteiger partial charge in [0.05, 0.1) is 0 Å². The van der Waals surface area contributed by atoms with Gasteiger partial charge in [-0.3, -0.25) is 14.4 Å². The third-order valence-corrected chi connectivity index (χ3v) is 8.38. The van der Waals surface area contributed by atoms with Crippen LogP contribution in [0.15, 0.2) is 0 Å². The summed E-state index contributed by atoms with van der Waals surface area (Å²) in [5, 5.41) is 20.9. The van der Waals surface area contributed by atoms with Crippen LogP contribution in [0.4, 0.5) is 0 Å². The van der Waals surface area contributed by atoms with Crippen molar-refractivity contribution in [2.75, 3.05) is 0 Å². The van der Waals surface area contributed by atoms with Gasteiger partial charge in [-0.1, -0.05) is 168 Å². The van der Waals surface area contributed by atoms with Crippen molar-refractivity contribution in [3.63, 3.8) is 0 Å². The Morgan fingerprint density at radius 1 is 0.525 bits per heavy atom. The number of hydrogen-bond acceptors (Lipinski definition) is 5. The fourth-order valence-electron chi connectivity index (χ4n) is 5.49. The minimum absolute atomic E-state index is 0.0100. The molecule has 0 saturated carbocycles. The maximum atomic E-state index is 12.5. The lowest BCUT2D eigenvalue weighted by atomic mass is 9.86. The van der Waals surface area contributed by atoms with Gasteiger partial charge in [0.25, 0.3) is 0 Å². The standard InChI is InChI=1S/C35H66O5/c1-3-5-7-9-11-13-15-17-19-21-23-25-27-29-32(37)34(39)35(40,31-36)33(38)30-28-26-24-22-20-18-16-14-12-10-8-6-4-2/h31,34,39-40H,3-30H2,1-2H3. The monoisotopic (exact) mass is 566 g/mol. The average Bonchev–Trinajstić information content (AvgIpc) is 2.96. The molecule has 0 amide bonds. The van der Waals surface area contributed by atoms with E-state index in [0.29, 0.717) is 12.8 Å². The Kier molecular flexibility index (Phi) is 27.3. The molecular formula is C35H66O5. The van der Waals surface area contributed by atoms with Crippen LogP contribution in [0.25, 0.3) is 0 Å². The SMILES string of the molecule is CCCCCCCCCCCCCCCC(=O)C(O)C(O)(C=O)C(=O)CCCCCCCCCCCCCCC. The van der Waals surface area contributed by atoms with Crippen molar-refractivity contribution in [1.29, 1.82) is 0 Å². The van der Waals surface area contributed by atoms with E-state index in [1.54, 1.807) is 0 Å². The highest BCUT2D eigenvalue weighted by Gasteiger charge is 2.45. The molecule has 0 aromatic carbocycles. The van der Waals surface area contributed by atoms with Gasteiger partial charge in [0.1, 0.15) is 0 Å².